The molecule has 0 atom stereocenters. The molecule has 0 saturated carbocycles. The number of aromatic nitrogens is 3. The average molecular weight is 504 g/mol. The van der Waals surface area contributed by atoms with Gasteiger partial charge in [0.2, 0.25) is 0 Å². The van der Waals surface area contributed by atoms with Crippen LogP contribution in [0.15, 0.2) is 64.5 Å². The minimum atomic E-state index is -0.532. The summed E-state index contributed by atoms with van der Waals surface area (Å²) in [6, 6.07) is 14.8. The summed E-state index contributed by atoms with van der Waals surface area (Å²) in [7, 11) is 0. The Morgan fingerprint density at radius 3 is 2.53 bits per heavy atom. The maximum Gasteiger partial charge on any atom is 0.254 e. The Kier molecular flexibility index (Phi) is 8.51. The van der Waals surface area contributed by atoms with Gasteiger partial charge in [0.25, 0.3) is 5.91 Å². The van der Waals surface area contributed by atoms with Crippen LogP contribution in [0.5, 0.6) is 0 Å². The van der Waals surface area contributed by atoms with Crippen molar-refractivity contribution in [3.63, 3.8) is 0 Å². The molecule has 2 aromatic carbocycles. The monoisotopic (exact) mass is 503 g/mol. The molecule has 8 heteroatoms. The number of hydrogen-bond donors (Lipinski definition) is 2. The van der Waals surface area contributed by atoms with Gasteiger partial charge in [0.1, 0.15) is 5.82 Å². The molecule has 0 aliphatic heterocycles. The van der Waals surface area contributed by atoms with E-state index in [9.17, 15) is 9.18 Å². The molecule has 4 aromatic rings. The van der Waals surface area contributed by atoms with Crippen molar-refractivity contribution in [3.8, 4) is 0 Å². The van der Waals surface area contributed by atoms with Crippen LogP contribution in [-0.4, -0.2) is 45.6 Å². The first-order valence-corrected chi connectivity index (χ1v) is 12.9. The summed E-state index contributed by atoms with van der Waals surface area (Å²) in [5.41, 5.74) is 3.84. The number of pyridine rings is 1. The second-order valence-electron chi connectivity index (χ2n) is 8.31. The van der Waals surface area contributed by atoms with E-state index >= 15 is 0 Å². The van der Waals surface area contributed by atoms with E-state index in [2.05, 4.69) is 45.3 Å². The van der Waals surface area contributed by atoms with Gasteiger partial charge in [-0.3, -0.25) is 19.8 Å². The van der Waals surface area contributed by atoms with Gasteiger partial charge in [-0.1, -0.05) is 31.7 Å². The first-order chi connectivity index (χ1) is 17.5. The number of carbonyl (C=O) groups excluding carboxylic acids is 1. The number of halogens is 1. The Morgan fingerprint density at radius 2 is 1.83 bits per heavy atom. The van der Waals surface area contributed by atoms with Crippen LogP contribution in [0.2, 0.25) is 0 Å². The predicted octanol–water partition coefficient (Wildman–Crippen LogP) is 6.01. The zero-order valence-electron chi connectivity index (χ0n) is 20.7. The fourth-order valence-corrected chi connectivity index (χ4v) is 4.73. The van der Waals surface area contributed by atoms with Crippen molar-refractivity contribution >= 4 is 40.7 Å². The van der Waals surface area contributed by atoms with Crippen LogP contribution in [-0.2, 0) is 6.54 Å². The molecule has 0 fully saturated rings. The van der Waals surface area contributed by atoms with E-state index in [1.807, 2.05) is 42.6 Å². The summed E-state index contributed by atoms with van der Waals surface area (Å²) in [6.07, 6.45) is 5.84. The van der Waals surface area contributed by atoms with Crippen LogP contribution in [0.3, 0.4) is 0 Å². The average Bonchev–Trinajstić information content (AvgIpc) is 3.29. The number of benzene rings is 2. The van der Waals surface area contributed by atoms with Gasteiger partial charge in [0, 0.05) is 34.5 Å². The van der Waals surface area contributed by atoms with Crippen molar-refractivity contribution in [2.24, 2.45) is 0 Å². The first kappa shape index (κ1) is 25.6. The molecular weight excluding hydrogens is 473 g/mol. The predicted molar refractivity (Wildman–Crippen MR) is 144 cm³/mol. The van der Waals surface area contributed by atoms with Crippen LogP contribution < -0.4 is 5.32 Å². The zero-order valence-corrected chi connectivity index (χ0v) is 21.5. The van der Waals surface area contributed by atoms with Crippen LogP contribution in [0, 0.1) is 5.82 Å². The fourth-order valence-electron chi connectivity index (χ4n) is 3.84. The van der Waals surface area contributed by atoms with Gasteiger partial charge in [-0.25, -0.2) is 4.39 Å². The second-order valence-corrected chi connectivity index (χ2v) is 9.45. The Morgan fingerprint density at radius 1 is 1.06 bits per heavy atom. The minimum Gasteiger partial charge on any atom is -0.352 e. The second kappa shape index (κ2) is 12.0. The summed E-state index contributed by atoms with van der Waals surface area (Å²) in [5.74, 6) is -0.938. The van der Waals surface area contributed by atoms with E-state index in [1.165, 1.54) is 29.5 Å². The molecule has 36 heavy (non-hydrogen) atoms. The molecule has 6 nitrogen and oxygen atoms in total. The lowest BCUT2D eigenvalue weighted by atomic mass is 10.2. The van der Waals surface area contributed by atoms with Crippen LogP contribution in [0.4, 0.5) is 4.39 Å². The molecular formula is C28H30FN5OS. The summed E-state index contributed by atoms with van der Waals surface area (Å²) in [4.78, 5) is 20.5. The number of carbonyl (C=O) groups is 1. The number of aromatic amines is 1. The van der Waals surface area contributed by atoms with E-state index in [-0.39, 0.29) is 5.56 Å². The van der Waals surface area contributed by atoms with Crippen molar-refractivity contribution in [2.45, 2.75) is 37.1 Å². The number of nitrogens with one attached hydrogen (secondary N) is 2. The van der Waals surface area contributed by atoms with Gasteiger partial charge in [-0.05, 0) is 80.2 Å². The summed E-state index contributed by atoms with van der Waals surface area (Å²) < 4.78 is 14.4. The molecule has 2 aromatic heterocycles. The van der Waals surface area contributed by atoms with Gasteiger partial charge >= 0.3 is 0 Å². The van der Waals surface area contributed by atoms with Crippen molar-refractivity contribution in [3.05, 3.63) is 83.1 Å². The molecule has 186 valence electrons. The molecule has 0 aliphatic rings. The molecule has 0 bridgehead atoms. The first-order valence-electron chi connectivity index (χ1n) is 12.1. The zero-order chi connectivity index (χ0) is 25.5. The molecule has 1 amide bonds. The van der Waals surface area contributed by atoms with E-state index in [1.54, 1.807) is 13.0 Å². The van der Waals surface area contributed by atoms with Crippen molar-refractivity contribution in [2.75, 3.05) is 19.6 Å². The number of amides is 1. The summed E-state index contributed by atoms with van der Waals surface area (Å²) in [5, 5.41) is 11.1. The third-order valence-corrected chi connectivity index (χ3v) is 6.86. The lowest BCUT2D eigenvalue weighted by Crippen LogP contribution is -2.23. The number of H-pyrrole nitrogens is 1. The van der Waals surface area contributed by atoms with Crippen molar-refractivity contribution in [1.29, 1.82) is 0 Å². The normalized spacial score (nSPS) is 11.6. The third-order valence-electron chi connectivity index (χ3n) is 5.88. The van der Waals surface area contributed by atoms with Gasteiger partial charge in [-0.2, -0.15) is 5.10 Å². The number of nitrogens with zero attached hydrogens (tertiary/aromatic N) is 3. The highest BCUT2D eigenvalue weighted by atomic mass is 32.2. The Labute approximate surface area is 215 Å². The number of rotatable bonds is 10. The van der Waals surface area contributed by atoms with E-state index in [0.29, 0.717) is 6.54 Å². The van der Waals surface area contributed by atoms with Crippen molar-refractivity contribution < 1.29 is 9.18 Å². The molecule has 0 aliphatic carbocycles. The third kappa shape index (κ3) is 6.19. The van der Waals surface area contributed by atoms with Crippen LogP contribution >= 0.6 is 11.8 Å². The SMILES string of the molecule is CCNC(=O)c1ccc(Sc2ccc3c(/C=C/c4ccc(CN(CC)CC)cn4)n[nH]c3c2)cc1F. The fraction of sp³-hybridized carbons (Fsp3) is 0.250. The molecule has 2 N–H and O–H groups in total. The maximum absolute atomic E-state index is 14.4. The van der Waals surface area contributed by atoms with Gasteiger partial charge in [0.15, 0.2) is 0 Å². The smallest absolute Gasteiger partial charge is 0.254 e. The highest BCUT2D eigenvalue weighted by molar-refractivity contribution is 7.99. The minimum absolute atomic E-state index is 0.0506. The highest BCUT2D eigenvalue weighted by Gasteiger charge is 2.12. The standard InChI is InChI=1S/C28H30FN5OS/c1-4-30-28(35)23-12-10-21(15-25(23)29)36-22-11-13-24-26(32-33-27(24)16-22)14-9-20-8-7-19(17-31-20)18-34(5-2)6-3/h7-17H,4-6,18H2,1-3H3,(H,30,35)(H,32,33)/b14-9+. The van der Waals surface area contributed by atoms with Crippen LogP contribution in [0.1, 0.15) is 48.1 Å². The van der Waals surface area contributed by atoms with E-state index in [0.717, 1.165) is 51.7 Å². The van der Waals surface area contributed by atoms with E-state index in [4.69, 9.17) is 0 Å². The van der Waals surface area contributed by atoms with Gasteiger partial charge in [-0.15, -0.1) is 0 Å². The maximum atomic E-state index is 14.4. The van der Waals surface area contributed by atoms with Gasteiger partial charge in [0.05, 0.1) is 22.5 Å². The van der Waals surface area contributed by atoms with E-state index < -0.39 is 11.7 Å². The Hall–Kier alpha value is -3.49. The van der Waals surface area contributed by atoms with Crippen LogP contribution in [0.25, 0.3) is 23.1 Å². The largest absolute Gasteiger partial charge is 0.352 e. The lowest BCUT2D eigenvalue weighted by molar-refractivity contribution is 0.0951. The lowest BCUT2D eigenvalue weighted by Gasteiger charge is -2.17. The molecule has 0 saturated heterocycles. The van der Waals surface area contributed by atoms with Gasteiger partial charge < -0.3 is 5.32 Å². The Bertz CT molecular complexity index is 1360. The highest BCUT2D eigenvalue weighted by Crippen LogP contribution is 2.31. The summed E-state index contributed by atoms with van der Waals surface area (Å²) in [6.45, 7) is 9.52. The Balaban J connectivity index is 1.44. The topological polar surface area (TPSA) is 73.9 Å². The molecule has 0 unspecified atom stereocenters. The molecule has 4 rings (SSSR count). The van der Waals surface area contributed by atoms with Crippen molar-refractivity contribution in [1.82, 2.24) is 25.4 Å². The number of hydrogen-bond acceptors (Lipinski definition) is 5. The number of fused-ring (bicyclic) bond motifs is 1. The summed E-state index contributed by atoms with van der Waals surface area (Å²) >= 11 is 1.43. The quantitative estimate of drug-likeness (QED) is 0.277. The molecule has 0 spiro atoms. The molecule has 2 heterocycles. The molecule has 0 radical (unpaired) electrons.